The molecule has 2 rings (SSSR count). The predicted octanol–water partition coefficient (Wildman–Crippen LogP) is 2.76. The van der Waals surface area contributed by atoms with Crippen LogP contribution in [0.25, 0.3) is 0 Å². The molecule has 1 aromatic carbocycles. The molecule has 1 N–H and O–H groups in total. The molecule has 0 aliphatic carbocycles. The molecule has 0 saturated heterocycles. The zero-order valence-electron chi connectivity index (χ0n) is 11.7. The first-order chi connectivity index (χ1) is 9.60. The number of rotatable bonds is 4. The Hall–Kier alpha value is -2.36. The van der Waals surface area contributed by atoms with Gasteiger partial charge in [-0.25, -0.2) is 0 Å². The number of benzene rings is 1. The van der Waals surface area contributed by atoms with Crippen LogP contribution in [0.15, 0.2) is 42.5 Å². The number of hydrogen-bond donors (Lipinski definition) is 1. The summed E-state index contributed by atoms with van der Waals surface area (Å²) >= 11 is 0. The first kappa shape index (κ1) is 14.1. The van der Waals surface area contributed by atoms with E-state index in [1.54, 1.807) is 23.1 Å². The summed E-state index contributed by atoms with van der Waals surface area (Å²) in [7, 11) is 0. The van der Waals surface area contributed by atoms with Gasteiger partial charge in [-0.3, -0.25) is 9.78 Å². The van der Waals surface area contributed by atoms with Crippen molar-refractivity contribution in [1.29, 1.82) is 0 Å². The van der Waals surface area contributed by atoms with Gasteiger partial charge in [0.05, 0.1) is 12.2 Å². The van der Waals surface area contributed by atoms with E-state index in [0.29, 0.717) is 18.7 Å². The third-order valence-electron chi connectivity index (χ3n) is 3.06. The van der Waals surface area contributed by atoms with Gasteiger partial charge in [0.15, 0.2) is 0 Å². The molecular formula is C16H18N2O2. The molecule has 1 amide bonds. The van der Waals surface area contributed by atoms with Crippen molar-refractivity contribution in [3.05, 3.63) is 59.4 Å². The number of phenols is 1. The average Bonchev–Trinajstić information content (AvgIpc) is 2.44. The molecule has 0 radical (unpaired) electrons. The number of carbonyl (C=O) groups is 1. The number of carbonyl (C=O) groups excluding carboxylic acids is 1. The van der Waals surface area contributed by atoms with Crippen LogP contribution in [0.4, 0.5) is 0 Å². The van der Waals surface area contributed by atoms with Crippen molar-refractivity contribution >= 4 is 5.91 Å². The third-order valence-corrected chi connectivity index (χ3v) is 3.06. The fourth-order valence-electron chi connectivity index (χ4n) is 2.03. The molecule has 0 spiro atoms. The van der Waals surface area contributed by atoms with Crippen LogP contribution in [-0.2, 0) is 6.54 Å². The fraction of sp³-hybridized carbons (Fsp3) is 0.250. The molecule has 0 fully saturated rings. The number of phenolic OH excluding ortho intramolecular Hbond substituents is 1. The highest BCUT2D eigenvalue weighted by Gasteiger charge is 2.15. The predicted molar refractivity (Wildman–Crippen MR) is 77.5 cm³/mol. The molecule has 1 heterocycles. The molecule has 0 aliphatic heterocycles. The number of aromatic hydroxyl groups is 1. The zero-order valence-corrected chi connectivity index (χ0v) is 11.7. The largest absolute Gasteiger partial charge is 0.508 e. The van der Waals surface area contributed by atoms with Crippen molar-refractivity contribution in [3.8, 4) is 5.75 Å². The lowest BCUT2D eigenvalue weighted by Gasteiger charge is -2.20. The molecule has 4 heteroatoms. The maximum Gasteiger partial charge on any atom is 0.254 e. The van der Waals surface area contributed by atoms with E-state index in [4.69, 9.17) is 0 Å². The lowest BCUT2D eigenvalue weighted by atomic mass is 10.2. The van der Waals surface area contributed by atoms with Gasteiger partial charge in [0.1, 0.15) is 5.75 Å². The van der Waals surface area contributed by atoms with Gasteiger partial charge in [-0.1, -0.05) is 12.1 Å². The van der Waals surface area contributed by atoms with Crippen LogP contribution in [0.2, 0.25) is 0 Å². The second-order valence-corrected chi connectivity index (χ2v) is 4.64. The van der Waals surface area contributed by atoms with E-state index >= 15 is 0 Å². The summed E-state index contributed by atoms with van der Waals surface area (Å²) in [5, 5.41) is 9.46. The third kappa shape index (κ3) is 3.35. The first-order valence-corrected chi connectivity index (χ1v) is 6.61. The maximum atomic E-state index is 12.4. The summed E-state index contributed by atoms with van der Waals surface area (Å²) < 4.78 is 0. The quantitative estimate of drug-likeness (QED) is 0.929. The summed E-state index contributed by atoms with van der Waals surface area (Å²) in [5.74, 6) is -0.00714. The van der Waals surface area contributed by atoms with Gasteiger partial charge in [-0.2, -0.15) is 0 Å². The van der Waals surface area contributed by atoms with Crippen LogP contribution in [0.1, 0.15) is 28.7 Å². The lowest BCUT2D eigenvalue weighted by molar-refractivity contribution is 0.0750. The Labute approximate surface area is 118 Å². The van der Waals surface area contributed by atoms with E-state index in [9.17, 15) is 9.90 Å². The van der Waals surface area contributed by atoms with Gasteiger partial charge < -0.3 is 10.0 Å². The Morgan fingerprint density at radius 3 is 2.65 bits per heavy atom. The number of nitrogens with zero attached hydrogens (tertiary/aromatic N) is 2. The highest BCUT2D eigenvalue weighted by Crippen LogP contribution is 2.14. The molecule has 0 saturated carbocycles. The van der Waals surface area contributed by atoms with Crippen molar-refractivity contribution in [2.75, 3.05) is 6.54 Å². The Bertz CT molecular complexity index is 611. The second-order valence-electron chi connectivity index (χ2n) is 4.64. The van der Waals surface area contributed by atoms with Crippen molar-refractivity contribution in [3.63, 3.8) is 0 Å². The molecule has 2 aromatic rings. The van der Waals surface area contributed by atoms with Crippen LogP contribution in [-0.4, -0.2) is 27.4 Å². The Kier molecular flexibility index (Phi) is 4.35. The van der Waals surface area contributed by atoms with Crippen LogP contribution in [0.3, 0.4) is 0 Å². The van der Waals surface area contributed by atoms with Gasteiger partial charge in [-0.15, -0.1) is 0 Å². The number of hydrogen-bond acceptors (Lipinski definition) is 3. The summed E-state index contributed by atoms with van der Waals surface area (Å²) in [6.07, 6.45) is 0. The molecule has 0 bridgehead atoms. The summed E-state index contributed by atoms with van der Waals surface area (Å²) in [4.78, 5) is 18.5. The zero-order chi connectivity index (χ0) is 14.5. The minimum Gasteiger partial charge on any atom is -0.508 e. The minimum atomic E-state index is -0.105. The summed E-state index contributed by atoms with van der Waals surface area (Å²) in [5.41, 5.74) is 2.28. The highest BCUT2D eigenvalue weighted by atomic mass is 16.3. The van der Waals surface area contributed by atoms with Crippen LogP contribution in [0.5, 0.6) is 5.75 Å². The summed E-state index contributed by atoms with van der Waals surface area (Å²) in [6, 6.07) is 12.2. The molecule has 0 unspecified atom stereocenters. The molecule has 20 heavy (non-hydrogen) atoms. The van der Waals surface area contributed by atoms with Gasteiger partial charge >= 0.3 is 0 Å². The average molecular weight is 270 g/mol. The Morgan fingerprint density at radius 2 is 2.00 bits per heavy atom. The van der Waals surface area contributed by atoms with Crippen molar-refractivity contribution in [1.82, 2.24) is 9.88 Å². The van der Waals surface area contributed by atoms with Crippen molar-refractivity contribution in [2.24, 2.45) is 0 Å². The van der Waals surface area contributed by atoms with Crippen molar-refractivity contribution < 1.29 is 9.90 Å². The number of pyridine rings is 1. The van der Waals surface area contributed by atoms with E-state index in [1.165, 1.54) is 6.07 Å². The lowest BCUT2D eigenvalue weighted by Crippen LogP contribution is -2.30. The number of amides is 1. The van der Waals surface area contributed by atoms with Crippen molar-refractivity contribution in [2.45, 2.75) is 20.4 Å². The SMILES string of the molecule is CCN(Cc1cccc(C)n1)C(=O)c1cccc(O)c1. The Balaban J connectivity index is 2.18. The second kappa shape index (κ2) is 6.19. The number of aryl methyl sites for hydroxylation is 1. The molecular weight excluding hydrogens is 252 g/mol. The van der Waals surface area contributed by atoms with E-state index in [2.05, 4.69) is 4.98 Å². The summed E-state index contributed by atoms with van der Waals surface area (Å²) in [6.45, 7) is 4.91. The Morgan fingerprint density at radius 1 is 1.25 bits per heavy atom. The monoisotopic (exact) mass is 270 g/mol. The normalized spacial score (nSPS) is 10.3. The van der Waals surface area contributed by atoms with Gasteiger partial charge in [0, 0.05) is 17.8 Å². The highest BCUT2D eigenvalue weighted by molar-refractivity contribution is 5.94. The smallest absolute Gasteiger partial charge is 0.254 e. The van der Waals surface area contributed by atoms with E-state index < -0.39 is 0 Å². The topological polar surface area (TPSA) is 53.4 Å². The maximum absolute atomic E-state index is 12.4. The van der Waals surface area contributed by atoms with E-state index in [1.807, 2.05) is 32.0 Å². The molecule has 0 aliphatic rings. The van der Waals surface area contributed by atoms with Crippen LogP contribution >= 0.6 is 0 Å². The number of aromatic nitrogens is 1. The molecule has 1 aromatic heterocycles. The molecule has 4 nitrogen and oxygen atoms in total. The van der Waals surface area contributed by atoms with Gasteiger partial charge in [0.2, 0.25) is 0 Å². The first-order valence-electron chi connectivity index (χ1n) is 6.61. The minimum absolute atomic E-state index is 0.0978. The van der Waals surface area contributed by atoms with Crippen LogP contribution in [0, 0.1) is 6.92 Å². The molecule has 104 valence electrons. The van der Waals surface area contributed by atoms with E-state index in [0.717, 1.165) is 11.4 Å². The fourth-order valence-corrected chi connectivity index (χ4v) is 2.03. The standard InChI is InChI=1S/C16H18N2O2/c1-3-18(11-14-8-4-6-12(2)17-14)16(20)13-7-5-9-15(19)10-13/h4-10,19H,3,11H2,1-2H3. The van der Waals surface area contributed by atoms with Gasteiger partial charge in [0.25, 0.3) is 5.91 Å². The van der Waals surface area contributed by atoms with Crippen LogP contribution < -0.4 is 0 Å². The van der Waals surface area contributed by atoms with E-state index in [-0.39, 0.29) is 11.7 Å². The molecule has 0 atom stereocenters. The van der Waals surface area contributed by atoms with Gasteiger partial charge in [-0.05, 0) is 44.2 Å².